The first-order chi connectivity index (χ1) is 14.7. The zero-order chi connectivity index (χ0) is 20.7. The van der Waals surface area contributed by atoms with Crippen LogP contribution in [0, 0.1) is 6.92 Å². The first-order valence-corrected chi connectivity index (χ1v) is 10.6. The summed E-state index contributed by atoms with van der Waals surface area (Å²) in [5, 5.41) is 15.4. The lowest BCUT2D eigenvalue weighted by Gasteiger charge is -2.25. The summed E-state index contributed by atoms with van der Waals surface area (Å²) in [7, 11) is 0. The van der Waals surface area contributed by atoms with Crippen molar-refractivity contribution in [1.82, 2.24) is 14.6 Å². The number of hydrogen-bond acceptors (Lipinski definition) is 4. The molecule has 2 aromatic heterocycles. The summed E-state index contributed by atoms with van der Waals surface area (Å²) >= 11 is 6.11. The topological polar surface area (TPSA) is 53.7 Å². The van der Waals surface area contributed by atoms with Gasteiger partial charge in [-0.1, -0.05) is 54.1 Å². The maximum absolute atomic E-state index is 9.86. The van der Waals surface area contributed by atoms with E-state index in [-0.39, 0.29) is 12.6 Å². The highest BCUT2D eigenvalue weighted by Crippen LogP contribution is 2.34. The SMILES string of the molecule is Cc1nn2c(-c3ccccc3)cc(N3CCC[C@@H]3CO)nc2c1-c1ccc(Cl)cc1. The molecule has 152 valence electrons. The number of halogens is 1. The Kier molecular flexibility index (Phi) is 4.93. The van der Waals surface area contributed by atoms with E-state index in [4.69, 9.17) is 21.7 Å². The van der Waals surface area contributed by atoms with Gasteiger partial charge in [-0.2, -0.15) is 5.10 Å². The molecule has 30 heavy (non-hydrogen) atoms. The van der Waals surface area contributed by atoms with E-state index in [1.807, 2.05) is 53.9 Å². The molecule has 5 nitrogen and oxygen atoms in total. The van der Waals surface area contributed by atoms with Crippen LogP contribution in [0.4, 0.5) is 5.82 Å². The van der Waals surface area contributed by atoms with Crippen molar-refractivity contribution in [2.45, 2.75) is 25.8 Å². The first-order valence-electron chi connectivity index (χ1n) is 10.2. The predicted octanol–water partition coefficient (Wildman–Crippen LogP) is 4.99. The van der Waals surface area contributed by atoms with Crippen LogP contribution in [-0.4, -0.2) is 38.9 Å². The zero-order valence-electron chi connectivity index (χ0n) is 16.8. The number of anilines is 1. The van der Waals surface area contributed by atoms with Gasteiger partial charge >= 0.3 is 0 Å². The van der Waals surface area contributed by atoms with E-state index in [2.05, 4.69) is 23.1 Å². The van der Waals surface area contributed by atoms with Crippen LogP contribution in [0.5, 0.6) is 0 Å². The van der Waals surface area contributed by atoms with E-state index >= 15 is 0 Å². The summed E-state index contributed by atoms with van der Waals surface area (Å²) < 4.78 is 1.93. The van der Waals surface area contributed by atoms with Gasteiger partial charge in [0.05, 0.1) is 24.0 Å². The van der Waals surface area contributed by atoms with Gasteiger partial charge in [-0.3, -0.25) is 0 Å². The Morgan fingerprint density at radius 2 is 1.83 bits per heavy atom. The lowest BCUT2D eigenvalue weighted by molar-refractivity contribution is 0.266. The molecule has 0 amide bonds. The molecule has 1 aliphatic rings. The Morgan fingerprint density at radius 1 is 1.07 bits per heavy atom. The molecule has 0 saturated carbocycles. The maximum atomic E-state index is 9.86. The number of hydrogen-bond donors (Lipinski definition) is 1. The van der Waals surface area contributed by atoms with Crippen molar-refractivity contribution in [2.24, 2.45) is 0 Å². The summed E-state index contributed by atoms with van der Waals surface area (Å²) in [5.41, 5.74) is 5.84. The molecule has 3 heterocycles. The van der Waals surface area contributed by atoms with Crippen LogP contribution in [0.3, 0.4) is 0 Å². The summed E-state index contributed by atoms with van der Waals surface area (Å²) in [4.78, 5) is 7.27. The number of aliphatic hydroxyl groups excluding tert-OH is 1. The van der Waals surface area contributed by atoms with Crippen LogP contribution >= 0.6 is 11.6 Å². The van der Waals surface area contributed by atoms with Gasteiger partial charge in [-0.05, 0) is 37.5 Å². The van der Waals surface area contributed by atoms with Gasteiger partial charge in [-0.15, -0.1) is 0 Å². The van der Waals surface area contributed by atoms with Crippen molar-refractivity contribution >= 4 is 23.1 Å². The van der Waals surface area contributed by atoms with Gasteiger partial charge in [0.15, 0.2) is 5.65 Å². The summed E-state index contributed by atoms with van der Waals surface area (Å²) in [6.07, 6.45) is 2.04. The lowest BCUT2D eigenvalue weighted by Crippen LogP contribution is -2.32. The molecule has 0 aliphatic carbocycles. The van der Waals surface area contributed by atoms with Crippen LogP contribution in [0.15, 0.2) is 60.7 Å². The molecule has 0 unspecified atom stereocenters. The molecule has 2 aromatic carbocycles. The van der Waals surface area contributed by atoms with Crippen molar-refractivity contribution in [2.75, 3.05) is 18.1 Å². The quantitative estimate of drug-likeness (QED) is 0.507. The van der Waals surface area contributed by atoms with Crippen LogP contribution in [0.25, 0.3) is 28.0 Å². The average molecular weight is 419 g/mol. The number of benzene rings is 2. The van der Waals surface area contributed by atoms with Crippen molar-refractivity contribution in [3.8, 4) is 22.4 Å². The van der Waals surface area contributed by atoms with Gasteiger partial charge < -0.3 is 10.0 Å². The number of nitrogens with zero attached hydrogens (tertiary/aromatic N) is 4. The second-order valence-corrected chi connectivity index (χ2v) is 8.18. The monoisotopic (exact) mass is 418 g/mol. The van der Waals surface area contributed by atoms with Crippen molar-refractivity contribution < 1.29 is 5.11 Å². The van der Waals surface area contributed by atoms with Gasteiger partial charge in [0.25, 0.3) is 0 Å². The molecule has 4 aromatic rings. The van der Waals surface area contributed by atoms with Gasteiger partial charge in [0, 0.05) is 28.8 Å². The molecular formula is C24H23ClN4O. The largest absolute Gasteiger partial charge is 0.394 e. The average Bonchev–Trinajstić information content (AvgIpc) is 3.38. The molecule has 1 saturated heterocycles. The minimum Gasteiger partial charge on any atom is -0.394 e. The number of rotatable bonds is 4. The van der Waals surface area contributed by atoms with Crippen LogP contribution in [-0.2, 0) is 0 Å². The second-order valence-electron chi connectivity index (χ2n) is 7.74. The molecule has 1 atom stereocenters. The van der Waals surface area contributed by atoms with E-state index < -0.39 is 0 Å². The molecule has 1 aliphatic heterocycles. The zero-order valence-corrected chi connectivity index (χ0v) is 17.5. The second kappa shape index (κ2) is 7.74. The Bertz CT molecular complexity index is 1190. The first kappa shape index (κ1) is 19.1. The van der Waals surface area contributed by atoms with E-state index in [1.54, 1.807) is 0 Å². The Balaban J connectivity index is 1.78. The van der Waals surface area contributed by atoms with E-state index in [1.165, 1.54) is 0 Å². The lowest BCUT2D eigenvalue weighted by atomic mass is 10.1. The molecule has 1 N–H and O–H groups in total. The van der Waals surface area contributed by atoms with Crippen molar-refractivity contribution in [1.29, 1.82) is 0 Å². The maximum Gasteiger partial charge on any atom is 0.166 e. The third-order valence-corrected chi connectivity index (χ3v) is 6.09. The highest BCUT2D eigenvalue weighted by Gasteiger charge is 2.27. The Labute approximate surface area is 180 Å². The number of aromatic nitrogens is 3. The summed E-state index contributed by atoms with van der Waals surface area (Å²) in [5.74, 6) is 0.882. The van der Waals surface area contributed by atoms with Crippen LogP contribution < -0.4 is 4.90 Å². The van der Waals surface area contributed by atoms with E-state index in [0.29, 0.717) is 5.02 Å². The standard InChI is InChI=1S/C24H23ClN4O/c1-16-23(18-9-11-19(25)12-10-18)24-26-22(28-13-5-8-20(28)15-30)14-21(29(24)27-16)17-6-3-2-4-7-17/h2-4,6-7,9-12,14,20,30H,5,8,13,15H2,1H3/t20-/m1/s1. The summed E-state index contributed by atoms with van der Waals surface area (Å²) in [6.45, 7) is 3.04. The predicted molar refractivity (Wildman–Crippen MR) is 121 cm³/mol. The highest BCUT2D eigenvalue weighted by molar-refractivity contribution is 6.30. The number of aryl methyl sites for hydroxylation is 1. The van der Waals surface area contributed by atoms with Gasteiger partial charge in [-0.25, -0.2) is 9.50 Å². The molecule has 0 spiro atoms. The fourth-order valence-corrected chi connectivity index (χ4v) is 4.48. The smallest absolute Gasteiger partial charge is 0.166 e. The third-order valence-electron chi connectivity index (χ3n) is 5.84. The molecule has 6 heteroatoms. The Morgan fingerprint density at radius 3 is 2.57 bits per heavy atom. The van der Waals surface area contributed by atoms with E-state index in [9.17, 15) is 5.11 Å². The van der Waals surface area contributed by atoms with Crippen molar-refractivity contribution in [3.05, 3.63) is 71.4 Å². The number of fused-ring (bicyclic) bond motifs is 1. The van der Waals surface area contributed by atoms with Gasteiger partial charge in [0.1, 0.15) is 5.82 Å². The highest BCUT2D eigenvalue weighted by atomic mass is 35.5. The number of aliphatic hydroxyl groups is 1. The van der Waals surface area contributed by atoms with Crippen LogP contribution in [0.1, 0.15) is 18.5 Å². The molecule has 5 rings (SSSR count). The minimum absolute atomic E-state index is 0.103. The molecule has 0 radical (unpaired) electrons. The van der Waals surface area contributed by atoms with Crippen LogP contribution in [0.2, 0.25) is 5.02 Å². The summed E-state index contributed by atoms with van der Waals surface area (Å²) in [6, 6.07) is 20.3. The Hall–Kier alpha value is -2.89. The van der Waals surface area contributed by atoms with Gasteiger partial charge in [0.2, 0.25) is 0 Å². The normalized spacial score (nSPS) is 16.5. The third kappa shape index (κ3) is 3.24. The fourth-order valence-electron chi connectivity index (χ4n) is 4.35. The molecule has 1 fully saturated rings. The molecule has 0 bridgehead atoms. The van der Waals surface area contributed by atoms with E-state index in [0.717, 1.165) is 58.9 Å². The minimum atomic E-state index is 0.103. The fraction of sp³-hybridized carbons (Fsp3) is 0.250. The molecular weight excluding hydrogens is 396 g/mol. The van der Waals surface area contributed by atoms with Crippen molar-refractivity contribution in [3.63, 3.8) is 0 Å².